The zero-order valence-corrected chi connectivity index (χ0v) is 12.9. The minimum absolute atomic E-state index is 0.409. The van der Waals surface area contributed by atoms with Crippen LogP contribution in [-0.2, 0) is 4.74 Å². The monoisotopic (exact) mass is 277 g/mol. The fourth-order valence-corrected chi connectivity index (χ4v) is 2.78. The highest BCUT2D eigenvalue weighted by Gasteiger charge is 2.22. The number of benzene rings is 1. The molecule has 1 aromatic rings. The Balaban J connectivity index is 2.01. The summed E-state index contributed by atoms with van der Waals surface area (Å²) < 4.78 is 11.6. The zero-order valence-electron chi connectivity index (χ0n) is 12.9. The van der Waals surface area contributed by atoms with Crippen LogP contribution in [0.1, 0.15) is 45.1 Å². The molecule has 1 aliphatic heterocycles. The smallest absolute Gasteiger partial charge is 0.142 e. The van der Waals surface area contributed by atoms with Crippen molar-refractivity contribution in [2.24, 2.45) is 0 Å². The van der Waals surface area contributed by atoms with Gasteiger partial charge in [-0.3, -0.25) is 0 Å². The molecule has 1 heterocycles. The van der Waals surface area contributed by atoms with E-state index in [0.717, 1.165) is 37.3 Å². The van der Waals surface area contributed by atoms with Crippen molar-refractivity contribution < 1.29 is 9.47 Å². The topological polar surface area (TPSA) is 30.5 Å². The molecule has 0 aromatic heterocycles. The van der Waals surface area contributed by atoms with Crippen molar-refractivity contribution in [3.05, 3.63) is 23.8 Å². The van der Waals surface area contributed by atoms with Gasteiger partial charge in [-0.15, -0.1) is 0 Å². The van der Waals surface area contributed by atoms with Gasteiger partial charge in [0.2, 0.25) is 0 Å². The van der Waals surface area contributed by atoms with Crippen molar-refractivity contribution in [2.45, 2.75) is 58.6 Å². The zero-order chi connectivity index (χ0) is 14.4. The Hall–Kier alpha value is -1.22. The lowest BCUT2D eigenvalue weighted by atomic mass is 9.99. The van der Waals surface area contributed by atoms with Gasteiger partial charge in [0, 0.05) is 12.6 Å². The van der Waals surface area contributed by atoms with Gasteiger partial charge in [0.05, 0.1) is 18.4 Å². The van der Waals surface area contributed by atoms with Gasteiger partial charge >= 0.3 is 0 Å². The van der Waals surface area contributed by atoms with Gasteiger partial charge in [0.15, 0.2) is 0 Å². The van der Waals surface area contributed by atoms with E-state index in [2.05, 4.69) is 37.4 Å². The lowest BCUT2D eigenvalue weighted by molar-refractivity contribution is 0.00594. The predicted molar refractivity (Wildman–Crippen MR) is 83.6 cm³/mol. The molecule has 20 heavy (non-hydrogen) atoms. The first kappa shape index (κ1) is 15.2. The lowest BCUT2D eigenvalue weighted by Crippen LogP contribution is -2.34. The molecule has 3 nitrogen and oxygen atoms in total. The Bertz CT molecular complexity index is 417. The van der Waals surface area contributed by atoms with Crippen molar-refractivity contribution in [3.63, 3.8) is 0 Å². The number of nitrogens with one attached hydrogen (secondary N) is 1. The molecule has 112 valence electrons. The van der Waals surface area contributed by atoms with Crippen LogP contribution in [0.4, 0.5) is 5.69 Å². The van der Waals surface area contributed by atoms with Crippen molar-refractivity contribution in [1.82, 2.24) is 0 Å². The maximum atomic E-state index is 5.81. The third-order valence-corrected chi connectivity index (χ3v) is 3.77. The molecule has 0 amide bonds. The maximum Gasteiger partial charge on any atom is 0.142 e. The minimum Gasteiger partial charge on any atom is -0.492 e. The van der Waals surface area contributed by atoms with Crippen molar-refractivity contribution in [1.29, 1.82) is 0 Å². The third-order valence-electron chi connectivity index (χ3n) is 3.77. The molecule has 2 rings (SSSR count). The molecule has 0 saturated carbocycles. The molecular weight excluding hydrogens is 250 g/mol. The van der Waals surface area contributed by atoms with E-state index in [9.17, 15) is 0 Å². The largest absolute Gasteiger partial charge is 0.492 e. The number of anilines is 1. The molecule has 1 saturated heterocycles. The van der Waals surface area contributed by atoms with Gasteiger partial charge in [-0.05, 0) is 50.8 Å². The van der Waals surface area contributed by atoms with Crippen LogP contribution in [0, 0.1) is 6.92 Å². The van der Waals surface area contributed by atoms with Crippen LogP contribution in [0.25, 0.3) is 0 Å². The van der Waals surface area contributed by atoms with Gasteiger partial charge < -0.3 is 14.8 Å². The van der Waals surface area contributed by atoms with E-state index in [0.29, 0.717) is 18.8 Å². The predicted octanol–water partition coefficient (Wildman–Crippen LogP) is 4.15. The third kappa shape index (κ3) is 4.14. The number of aryl methyl sites for hydroxylation is 1. The van der Waals surface area contributed by atoms with Gasteiger partial charge in [0.1, 0.15) is 5.75 Å². The molecule has 0 spiro atoms. The first-order chi connectivity index (χ1) is 9.72. The van der Waals surface area contributed by atoms with Crippen molar-refractivity contribution in [3.8, 4) is 5.75 Å². The average molecular weight is 277 g/mol. The van der Waals surface area contributed by atoms with E-state index < -0.39 is 0 Å². The summed E-state index contributed by atoms with van der Waals surface area (Å²) in [4.78, 5) is 0. The Morgan fingerprint density at radius 1 is 1.35 bits per heavy atom. The van der Waals surface area contributed by atoms with Crippen LogP contribution in [0.5, 0.6) is 5.75 Å². The quantitative estimate of drug-likeness (QED) is 0.847. The molecule has 3 heteroatoms. The highest BCUT2D eigenvalue weighted by atomic mass is 16.5. The van der Waals surface area contributed by atoms with E-state index in [4.69, 9.17) is 9.47 Å². The molecule has 1 fully saturated rings. The molecule has 0 radical (unpaired) electrons. The summed E-state index contributed by atoms with van der Waals surface area (Å²) in [6.07, 6.45) is 4.91. The summed E-state index contributed by atoms with van der Waals surface area (Å²) in [6, 6.07) is 6.86. The van der Waals surface area contributed by atoms with E-state index in [1.807, 2.05) is 6.92 Å². The first-order valence-corrected chi connectivity index (χ1v) is 7.84. The van der Waals surface area contributed by atoms with Crippen molar-refractivity contribution >= 4 is 5.69 Å². The SMILES string of the molecule is CCCC1CC(Nc2ccc(C)cc2OCC)CCO1. The van der Waals surface area contributed by atoms with E-state index in [1.165, 1.54) is 12.0 Å². The minimum atomic E-state index is 0.409. The summed E-state index contributed by atoms with van der Waals surface area (Å²) in [5, 5.41) is 3.64. The van der Waals surface area contributed by atoms with E-state index >= 15 is 0 Å². The normalized spacial score (nSPS) is 22.6. The van der Waals surface area contributed by atoms with Crippen LogP contribution >= 0.6 is 0 Å². The Labute approximate surface area is 122 Å². The fraction of sp³-hybridized carbons (Fsp3) is 0.647. The van der Waals surface area contributed by atoms with E-state index in [-0.39, 0.29) is 0 Å². The fourth-order valence-electron chi connectivity index (χ4n) is 2.78. The molecule has 1 N–H and O–H groups in total. The molecule has 1 aliphatic rings. The van der Waals surface area contributed by atoms with Crippen LogP contribution in [-0.4, -0.2) is 25.4 Å². The molecular formula is C17H27NO2. The maximum absolute atomic E-state index is 5.81. The summed E-state index contributed by atoms with van der Waals surface area (Å²) in [6.45, 7) is 7.89. The van der Waals surface area contributed by atoms with Crippen molar-refractivity contribution in [2.75, 3.05) is 18.5 Å². The van der Waals surface area contributed by atoms with Gasteiger partial charge in [-0.1, -0.05) is 19.4 Å². The second-order valence-corrected chi connectivity index (χ2v) is 5.58. The Morgan fingerprint density at radius 2 is 2.20 bits per heavy atom. The summed E-state index contributed by atoms with van der Waals surface area (Å²) >= 11 is 0. The van der Waals surface area contributed by atoms with Gasteiger partial charge in [-0.25, -0.2) is 0 Å². The highest BCUT2D eigenvalue weighted by Crippen LogP contribution is 2.29. The lowest BCUT2D eigenvalue weighted by Gasteiger charge is -2.31. The molecule has 0 aliphatic carbocycles. The second kappa shape index (κ2) is 7.53. The molecule has 2 unspecified atom stereocenters. The molecule has 1 aromatic carbocycles. The number of rotatable bonds is 6. The van der Waals surface area contributed by atoms with Crippen LogP contribution < -0.4 is 10.1 Å². The summed E-state index contributed by atoms with van der Waals surface area (Å²) in [5.41, 5.74) is 2.34. The Kier molecular flexibility index (Phi) is 5.72. The van der Waals surface area contributed by atoms with Crippen LogP contribution in [0.2, 0.25) is 0 Å². The van der Waals surface area contributed by atoms with Gasteiger partial charge in [0.25, 0.3) is 0 Å². The number of hydrogen-bond acceptors (Lipinski definition) is 3. The average Bonchev–Trinajstić information content (AvgIpc) is 2.43. The Morgan fingerprint density at radius 3 is 2.95 bits per heavy atom. The molecule has 2 atom stereocenters. The van der Waals surface area contributed by atoms with E-state index in [1.54, 1.807) is 0 Å². The summed E-state index contributed by atoms with van der Waals surface area (Å²) in [5.74, 6) is 0.964. The standard InChI is InChI=1S/C17H27NO2/c1-4-6-15-12-14(9-10-20-15)18-16-8-7-13(3)11-17(16)19-5-2/h7-8,11,14-15,18H,4-6,9-10,12H2,1-3H3. The van der Waals surface area contributed by atoms with Gasteiger partial charge in [-0.2, -0.15) is 0 Å². The highest BCUT2D eigenvalue weighted by molar-refractivity contribution is 5.58. The summed E-state index contributed by atoms with van der Waals surface area (Å²) in [7, 11) is 0. The number of hydrogen-bond donors (Lipinski definition) is 1. The second-order valence-electron chi connectivity index (χ2n) is 5.58. The van der Waals surface area contributed by atoms with Crippen LogP contribution in [0.15, 0.2) is 18.2 Å². The number of ether oxygens (including phenoxy) is 2. The first-order valence-electron chi connectivity index (χ1n) is 7.84. The van der Waals surface area contributed by atoms with Crippen LogP contribution in [0.3, 0.4) is 0 Å². The molecule has 0 bridgehead atoms.